The van der Waals surface area contributed by atoms with Gasteiger partial charge < -0.3 is 5.32 Å². The highest BCUT2D eigenvalue weighted by Gasteiger charge is 2.07. The van der Waals surface area contributed by atoms with Crippen LogP contribution < -0.4 is 5.32 Å². The van der Waals surface area contributed by atoms with Crippen LogP contribution >= 0.6 is 0 Å². The summed E-state index contributed by atoms with van der Waals surface area (Å²) in [5.74, 6) is -0.322. The molecule has 1 N–H and O–H groups in total. The lowest BCUT2D eigenvalue weighted by Gasteiger charge is -2.11. The van der Waals surface area contributed by atoms with Crippen molar-refractivity contribution in [2.45, 2.75) is 6.92 Å². The first-order valence-corrected chi connectivity index (χ1v) is 5.23. The van der Waals surface area contributed by atoms with Gasteiger partial charge in [-0.05, 0) is 30.7 Å². The number of benzene rings is 2. The molecule has 3 heteroatoms. The van der Waals surface area contributed by atoms with Crippen LogP contribution in [0.3, 0.4) is 0 Å². The molecule has 0 aliphatic heterocycles. The standard InChI is InChI=1S/C14H11FN2/c1-10-5-4-7-12(15)14(10)17-13-8-3-2-6-11(13)9-16/h2-8,17H,1H3. The summed E-state index contributed by atoms with van der Waals surface area (Å²) in [6.45, 7) is 1.82. The molecule has 0 atom stereocenters. The van der Waals surface area contributed by atoms with Crippen molar-refractivity contribution >= 4 is 11.4 Å². The zero-order chi connectivity index (χ0) is 12.3. The lowest BCUT2D eigenvalue weighted by atomic mass is 10.1. The minimum absolute atomic E-state index is 0.322. The quantitative estimate of drug-likeness (QED) is 0.846. The van der Waals surface area contributed by atoms with E-state index < -0.39 is 0 Å². The van der Waals surface area contributed by atoms with Crippen molar-refractivity contribution in [2.75, 3.05) is 5.32 Å². The van der Waals surface area contributed by atoms with E-state index in [1.165, 1.54) is 6.07 Å². The van der Waals surface area contributed by atoms with Crippen LogP contribution in [0.1, 0.15) is 11.1 Å². The van der Waals surface area contributed by atoms with Gasteiger partial charge in [0.05, 0.1) is 16.9 Å². The summed E-state index contributed by atoms with van der Waals surface area (Å²) in [6, 6.07) is 14.0. The smallest absolute Gasteiger partial charge is 0.146 e. The third-order valence-electron chi connectivity index (χ3n) is 2.53. The Morgan fingerprint density at radius 2 is 1.88 bits per heavy atom. The van der Waals surface area contributed by atoms with Crippen LogP contribution in [-0.4, -0.2) is 0 Å². The van der Waals surface area contributed by atoms with E-state index in [1.807, 2.05) is 13.0 Å². The fraction of sp³-hybridized carbons (Fsp3) is 0.0714. The fourth-order valence-corrected chi connectivity index (χ4v) is 1.61. The van der Waals surface area contributed by atoms with E-state index in [0.717, 1.165) is 5.56 Å². The van der Waals surface area contributed by atoms with Crippen molar-refractivity contribution < 1.29 is 4.39 Å². The second-order valence-corrected chi connectivity index (χ2v) is 3.71. The molecule has 17 heavy (non-hydrogen) atoms. The molecule has 0 amide bonds. The summed E-state index contributed by atoms with van der Waals surface area (Å²) in [7, 11) is 0. The normalized spacial score (nSPS) is 9.71. The Kier molecular flexibility index (Phi) is 3.06. The molecule has 0 aromatic heterocycles. The summed E-state index contributed by atoms with van der Waals surface area (Å²) in [5, 5.41) is 11.9. The van der Waals surface area contributed by atoms with Crippen molar-refractivity contribution in [3.8, 4) is 6.07 Å². The van der Waals surface area contributed by atoms with Crippen LogP contribution in [0.4, 0.5) is 15.8 Å². The van der Waals surface area contributed by atoms with Crippen molar-refractivity contribution in [3.05, 3.63) is 59.4 Å². The highest BCUT2D eigenvalue weighted by molar-refractivity contribution is 5.68. The molecular weight excluding hydrogens is 215 g/mol. The Morgan fingerprint density at radius 1 is 1.12 bits per heavy atom. The second-order valence-electron chi connectivity index (χ2n) is 3.71. The molecule has 0 unspecified atom stereocenters. The maximum absolute atomic E-state index is 13.6. The molecular formula is C14H11FN2. The molecule has 2 aromatic carbocycles. The average Bonchev–Trinajstić information content (AvgIpc) is 2.34. The lowest BCUT2D eigenvalue weighted by Crippen LogP contribution is -1.98. The number of hydrogen-bond acceptors (Lipinski definition) is 2. The Hall–Kier alpha value is -2.34. The number of aryl methyl sites for hydroxylation is 1. The van der Waals surface area contributed by atoms with Gasteiger partial charge in [-0.15, -0.1) is 0 Å². The highest BCUT2D eigenvalue weighted by atomic mass is 19.1. The van der Waals surface area contributed by atoms with Crippen LogP contribution in [0.5, 0.6) is 0 Å². The monoisotopic (exact) mass is 226 g/mol. The van der Waals surface area contributed by atoms with Crippen molar-refractivity contribution in [2.24, 2.45) is 0 Å². The van der Waals surface area contributed by atoms with Gasteiger partial charge in [0, 0.05) is 0 Å². The van der Waals surface area contributed by atoms with Crippen LogP contribution in [0.25, 0.3) is 0 Å². The predicted molar refractivity (Wildman–Crippen MR) is 65.6 cm³/mol. The predicted octanol–water partition coefficient (Wildman–Crippen LogP) is 3.75. The molecule has 0 saturated heterocycles. The van der Waals surface area contributed by atoms with E-state index in [1.54, 1.807) is 30.3 Å². The SMILES string of the molecule is Cc1cccc(F)c1Nc1ccccc1C#N. The summed E-state index contributed by atoms with van der Waals surface area (Å²) in [4.78, 5) is 0. The Labute approximate surface area is 99.3 Å². The Morgan fingerprint density at radius 3 is 2.59 bits per heavy atom. The number of para-hydroxylation sites is 2. The van der Waals surface area contributed by atoms with Gasteiger partial charge in [-0.2, -0.15) is 5.26 Å². The maximum atomic E-state index is 13.6. The van der Waals surface area contributed by atoms with Gasteiger partial charge in [0.2, 0.25) is 0 Å². The summed E-state index contributed by atoms with van der Waals surface area (Å²) >= 11 is 0. The van der Waals surface area contributed by atoms with Crippen LogP contribution in [-0.2, 0) is 0 Å². The van der Waals surface area contributed by atoms with E-state index >= 15 is 0 Å². The Balaban J connectivity index is 2.42. The summed E-state index contributed by atoms with van der Waals surface area (Å²) < 4.78 is 13.6. The van der Waals surface area contributed by atoms with Gasteiger partial charge in [-0.25, -0.2) is 4.39 Å². The summed E-state index contributed by atoms with van der Waals surface area (Å²) in [6.07, 6.45) is 0. The molecule has 2 nitrogen and oxygen atoms in total. The molecule has 0 bridgehead atoms. The highest BCUT2D eigenvalue weighted by Crippen LogP contribution is 2.25. The number of nitrogens with zero attached hydrogens (tertiary/aromatic N) is 1. The largest absolute Gasteiger partial charge is 0.352 e. The summed E-state index contributed by atoms with van der Waals surface area (Å²) in [5.41, 5.74) is 2.33. The van der Waals surface area contributed by atoms with Gasteiger partial charge >= 0.3 is 0 Å². The second kappa shape index (κ2) is 4.67. The third kappa shape index (κ3) is 2.26. The molecule has 0 radical (unpaired) electrons. The van der Waals surface area contributed by atoms with Gasteiger partial charge in [0.15, 0.2) is 0 Å². The van der Waals surface area contributed by atoms with Crippen molar-refractivity contribution in [1.29, 1.82) is 5.26 Å². The van der Waals surface area contributed by atoms with Crippen LogP contribution in [0.2, 0.25) is 0 Å². The molecule has 0 aliphatic carbocycles. The van der Waals surface area contributed by atoms with E-state index in [0.29, 0.717) is 16.9 Å². The van der Waals surface area contributed by atoms with Crippen LogP contribution in [0.15, 0.2) is 42.5 Å². The van der Waals surface area contributed by atoms with E-state index in [-0.39, 0.29) is 5.82 Å². The van der Waals surface area contributed by atoms with Gasteiger partial charge in [-0.3, -0.25) is 0 Å². The lowest BCUT2D eigenvalue weighted by molar-refractivity contribution is 0.631. The number of rotatable bonds is 2. The molecule has 84 valence electrons. The molecule has 0 fully saturated rings. The minimum Gasteiger partial charge on any atom is -0.352 e. The maximum Gasteiger partial charge on any atom is 0.146 e. The van der Waals surface area contributed by atoms with Gasteiger partial charge in [0.1, 0.15) is 11.9 Å². The molecule has 0 saturated carbocycles. The molecule has 2 rings (SSSR count). The number of nitrogens with one attached hydrogen (secondary N) is 1. The zero-order valence-electron chi connectivity index (χ0n) is 9.37. The first kappa shape index (κ1) is 11.2. The van der Waals surface area contributed by atoms with Gasteiger partial charge in [0.25, 0.3) is 0 Å². The molecule has 0 spiro atoms. The first-order valence-electron chi connectivity index (χ1n) is 5.23. The van der Waals surface area contributed by atoms with Gasteiger partial charge in [-0.1, -0.05) is 24.3 Å². The average molecular weight is 226 g/mol. The van der Waals surface area contributed by atoms with Crippen LogP contribution in [0, 0.1) is 24.1 Å². The number of nitriles is 1. The Bertz CT molecular complexity index is 565. The minimum atomic E-state index is -0.322. The van der Waals surface area contributed by atoms with E-state index in [4.69, 9.17) is 5.26 Å². The zero-order valence-corrected chi connectivity index (χ0v) is 9.37. The molecule has 0 heterocycles. The topological polar surface area (TPSA) is 35.8 Å². The van der Waals surface area contributed by atoms with Crippen molar-refractivity contribution in [3.63, 3.8) is 0 Å². The fourth-order valence-electron chi connectivity index (χ4n) is 1.61. The van der Waals surface area contributed by atoms with E-state index in [2.05, 4.69) is 11.4 Å². The number of halogens is 1. The molecule has 2 aromatic rings. The first-order chi connectivity index (χ1) is 8.22. The van der Waals surface area contributed by atoms with E-state index in [9.17, 15) is 4.39 Å². The third-order valence-corrected chi connectivity index (χ3v) is 2.53. The number of hydrogen-bond donors (Lipinski definition) is 1. The number of anilines is 2. The van der Waals surface area contributed by atoms with Crippen molar-refractivity contribution in [1.82, 2.24) is 0 Å². The molecule has 0 aliphatic rings.